The SMILES string of the molecule is CCc1ccccc1NC(=O)CSc1cc(C)nc2c(-c3ccc(OC)c(OC)c3)cnn12. The smallest absolute Gasteiger partial charge is 0.234 e. The van der Waals surface area contributed by atoms with E-state index in [1.54, 1.807) is 24.9 Å². The molecule has 2 aromatic heterocycles. The highest BCUT2D eigenvalue weighted by Crippen LogP contribution is 2.34. The van der Waals surface area contributed by atoms with Crippen LogP contribution in [-0.4, -0.2) is 40.5 Å². The molecule has 1 amide bonds. The molecule has 4 rings (SSSR count). The number of carbonyl (C=O) groups excluding carboxylic acids is 1. The van der Waals surface area contributed by atoms with Gasteiger partial charge in [0.15, 0.2) is 17.1 Å². The average Bonchev–Trinajstić information content (AvgIpc) is 3.26. The zero-order valence-corrected chi connectivity index (χ0v) is 19.9. The maximum absolute atomic E-state index is 12.6. The normalized spacial score (nSPS) is 10.9. The first kappa shape index (κ1) is 22.7. The molecule has 1 N–H and O–H groups in total. The average molecular weight is 463 g/mol. The quantitative estimate of drug-likeness (QED) is 0.293. The number of aromatic nitrogens is 3. The van der Waals surface area contributed by atoms with E-state index in [1.165, 1.54) is 11.8 Å². The van der Waals surface area contributed by atoms with Gasteiger partial charge in [-0.15, -0.1) is 0 Å². The fourth-order valence-electron chi connectivity index (χ4n) is 3.64. The second-order valence-electron chi connectivity index (χ2n) is 7.45. The van der Waals surface area contributed by atoms with E-state index < -0.39 is 0 Å². The lowest BCUT2D eigenvalue weighted by molar-refractivity contribution is -0.113. The summed E-state index contributed by atoms with van der Waals surface area (Å²) in [6, 6.07) is 15.5. The summed E-state index contributed by atoms with van der Waals surface area (Å²) in [7, 11) is 3.22. The molecule has 170 valence electrons. The molecule has 7 nitrogen and oxygen atoms in total. The fraction of sp³-hybridized carbons (Fsp3) is 0.240. The lowest BCUT2D eigenvalue weighted by atomic mass is 10.1. The number of para-hydroxylation sites is 1. The lowest BCUT2D eigenvalue weighted by Gasteiger charge is -2.11. The second-order valence-corrected chi connectivity index (χ2v) is 8.44. The number of methoxy groups -OCH3 is 2. The molecule has 0 atom stereocenters. The largest absolute Gasteiger partial charge is 0.493 e. The highest BCUT2D eigenvalue weighted by molar-refractivity contribution is 7.99. The Morgan fingerprint density at radius 3 is 2.64 bits per heavy atom. The summed E-state index contributed by atoms with van der Waals surface area (Å²) in [6.45, 7) is 4.01. The van der Waals surface area contributed by atoms with Gasteiger partial charge in [0, 0.05) is 16.9 Å². The van der Waals surface area contributed by atoms with Gasteiger partial charge in [0.1, 0.15) is 5.03 Å². The molecule has 0 spiro atoms. The number of hydrogen-bond acceptors (Lipinski definition) is 6. The number of benzene rings is 2. The van der Waals surface area contributed by atoms with Crippen LogP contribution < -0.4 is 14.8 Å². The van der Waals surface area contributed by atoms with E-state index in [-0.39, 0.29) is 11.7 Å². The molecule has 0 unspecified atom stereocenters. The van der Waals surface area contributed by atoms with Crippen LogP contribution in [0.2, 0.25) is 0 Å². The van der Waals surface area contributed by atoms with Gasteiger partial charge in [-0.25, -0.2) is 9.50 Å². The molecule has 0 bridgehead atoms. The van der Waals surface area contributed by atoms with Gasteiger partial charge in [0.05, 0.1) is 26.2 Å². The Labute approximate surface area is 197 Å². The minimum absolute atomic E-state index is 0.0595. The van der Waals surface area contributed by atoms with Crippen molar-refractivity contribution in [1.82, 2.24) is 14.6 Å². The third-order valence-corrected chi connectivity index (χ3v) is 6.28. The fourth-order valence-corrected chi connectivity index (χ4v) is 4.50. The maximum atomic E-state index is 12.6. The molecule has 0 aliphatic heterocycles. The molecule has 0 saturated carbocycles. The first-order chi connectivity index (χ1) is 16.0. The van der Waals surface area contributed by atoms with Crippen molar-refractivity contribution < 1.29 is 14.3 Å². The summed E-state index contributed by atoms with van der Waals surface area (Å²) < 4.78 is 12.6. The van der Waals surface area contributed by atoms with Gasteiger partial charge in [-0.2, -0.15) is 5.10 Å². The number of carbonyl (C=O) groups is 1. The number of amides is 1. The first-order valence-corrected chi connectivity index (χ1v) is 11.6. The summed E-state index contributed by atoms with van der Waals surface area (Å²) in [5.74, 6) is 1.51. The van der Waals surface area contributed by atoms with Crippen LogP contribution in [0.4, 0.5) is 5.69 Å². The summed E-state index contributed by atoms with van der Waals surface area (Å²) in [4.78, 5) is 17.3. The number of thioether (sulfide) groups is 1. The van der Waals surface area contributed by atoms with E-state index in [2.05, 4.69) is 17.3 Å². The van der Waals surface area contributed by atoms with Crippen LogP contribution >= 0.6 is 11.8 Å². The van der Waals surface area contributed by atoms with Crippen molar-refractivity contribution in [2.75, 3.05) is 25.3 Å². The van der Waals surface area contributed by atoms with E-state index in [0.29, 0.717) is 11.5 Å². The molecule has 0 saturated heterocycles. The molecule has 0 aliphatic carbocycles. The van der Waals surface area contributed by atoms with Crippen molar-refractivity contribution in [1.29, 1.82) is 0 Å². The van der Waals surface area contributed by atoms with Crippen molar-refractivity contribution in [2.24, 2.45) is 0 Å². The van der Waals surface area contributed by atoms with Gasteiger partial charge in [-0.05, 0) is 48.7 Å². The third kappa shape index (κ3) is 4.80. The third-order valence-electron chi connectivity index (χ3n) is 5.29. The standard InChI is InChI=1S/C25H26N4O3S/c1-5-17-8-6-7-9-20(17)28-23(30)15-33-24-12-16(2)27-25-19(14-26-29(24)25)18-10-11-21(31-3)22(13-18)32-4/h6-14H,5,15H2,1-4H3,(H,28,30). The van der Waals surface area contributed by atoms with Crippen molar-refractivity contribution in [3.63, 3.8) is 0 Å². The van der Waals surface area contributed by atoms with Crippen LogP contribution in [0.3, 0.4) is 0 Å². The number of nitrogens with one attached hydrogen (secondary N) is 1. The van der Waals surface area contributed by atoms with E-state index in [0.717, 1.165) is 45.2 Å². The number of ether oxygens (including phenoxy) is 2. The van der Waals surface area contributed by atoms with Crippen molar-refractivity contribution in [2.45, 2.75) is 25.3 Å². The van der Waals surface area contributed by atoms with Crippen LogP contribution in [0.5, 0.6) is 11.5 Å². The van der Waals surface area contributed by atoms with E-state index >= 15 is 0 Å². The minimum atomic E-state index is -0.0595. The van der Waals surface area contributed by atoms with Gasteiger partial charge < -0.3 is 14.8 Å². The number of aryl methyl sites for hydroxylation is 2. The van der Waals surface area contributed by atoms with Gasteiger partial charge in [0.2, 0.25) is 5.91 Å². The molecule has 0 aliphatic rings. The zero-order valence-electron chi connectivity index (χ0n) is 19.1. The number of fused-ring (bicyclic) bond motifs is 1. The van der Waals surface area contributed by atoms with Crippen molar-refractivity contribution in [3.05, 3.63) is 66.0 Å². The highest BCUT2D eigenvalue weighted by Gasteiger charge is 2.16. The molecule has 2 aromatic carbocycles. The van der Waals surface area contributed by atoms with E-state index in [1.807, 2.05) is 55.5 Å². The summed E-state index contributed by atoms with van der Waals surface area (Å²) >= 11 is 1.43. The van der Waals surface area contributed by atoms with Gasteiger partial charge in [-0.1, -0.05) is 43.0 Å². The molecule has 33 heavy (non-hydrogen) atoms. The number of nitrogens with zero attached hydrogens (tertiary/aromatic N) is 3. The Hall–Kier alpha value is -3.52. The topological polar surface area (TPSA) is 77.8 Å². The van der Waals surface area contributed by atoms with Gasteiger partial charge >= 0.3 is 0 Å². The maximum Gasteiger partial charge on any atom is 0.234 e. The molecule has 8 heteroatoms. The van der Waals surface area contributed by atoms with Crippen LogP contribution in [0.25, 0.3) is 16.8 Å². The Balaban J connectivity index is 1.58. The van der Waals surface area contributed by atoms with Crippen LogP contribution in [-0.2, 0) is 11.2 Å². The summed E-state index contributed by atoms with van der Waals surface area (Å²) in [5.41, 5.74) is 5.35. The first-order valence-electron chi connectivity index (χ1n) is 10.6. The summed E-state index contributed by atoms with van der Waals surface area (Å²) in [5, 5.41) is 8.42. The van der Waals surface area contributed by atoms with E-state index in [4.69, 9.17) is 14.5 Å². The van der Waals surface area contributed by atoms with Crippen LogP contribution in [0.1, 0.15) is 18.2 Å². The van der Waals surface area contributed by atoms with Crippen LogP contribution in [0.15, 0.2) is 59.8 Å². The number of anilines is 1. The predicted molar refractivity (Wildman–Crippen MR) is 131 cm³/mol. The Kier molecular flexibility index (Phi) is 6.84. The number of hydrogen-bond donors (Lipinski definition) is 1. The number of rotatable bonds is 8. The summed E-state index contributed by atoms with van der Waals surface area (Å²) in [6.07, 6.45) is 2.64. The Morgan fingerprint density at radius 2 is 1.88 bits per heavy atom. The van der Waals surface area contributed by atoms with Crippen molar-refractivity contribution >= 4 is 29.0 Å². The minimum Gasteiger partial charge on any atom is -0.493 e. The van der Waals surface area contributed by atoms with Gasteiger partial charge in [0.25, 0.3) is 0 Å². The molecule has 0 radical (unpaired) electrons. The monoisotopic (exact) mass is 462 g/mol. The van der Waals surface area contributed by atoms with Crippen molar-refractivity contribution in [3.8, 4) is 22.6 Å². The zero-order chi connectivity index (χ0) is 23.4. The lowest BCUT2D eigenvalue weighted by Crippen LogP contribution is -2.15. The van der Waals surface area contributed by atoms with Gasteiger partial charge in [-0.3, -0.25) is 4.79 Å². The highest BCUT2D eigenvalue weighted by atomic mass is 32.2. The molecular weight excluding hydrogens is 436 g/mol. The Bertz CT molecular complexity index is 1300. The molecular formula is C25H26N4O3S. The molecule has 0 fully saturated rings. The predicted octanol–water partition coefficient (Wildman–Crippen LogP) is 5.02. The van der Waals surface area contributed by atoms with Crippen LogP contribution in [0, 0.1) is 6.92 Å². The van der Waals surface area contributed by atoms with E-state index in [9.17, 15) is 4.79 Å². The molecule has 4 aromatic rings. The molecule has 2 heterocycles. The Morgan fingerprint density at radius 1 is 1.09 bits per heavy atom. The second kappa shape index (κ2) is 9.95.